The van der Waals surface area contributed by atoms with E-state index in [1.165, 1.54) is 12.1 Å². The first-order chi connectivity index (χ1) is 13.1. The maximum absolute atomic E-state index is 14.6. The van der Waals surface area contributed by atoms with Crippen LogP contribution in [-0.2, 0) is 11.3 Å². The van der Waals surface area contributed by atoms with Gasteiger partial charge >= 0.3 is 0 Å². The zero-order chi connectivity index (χ0) is 19.2. The van der Waals surface area contributed by atoms with Crippen LogP contribution in [0.15, 0.2) is 48.0 Å². The molecule has 0 aromatic heterocycles. The van der Waals surface area contributed by atoms with Crippen LogP contribution in [0.2, 0.25) is 0 Å². The third kappa shape index (κ3) is 4.53. The Morgan fingerprint density at radius 1 is 1.26 bits per heavy atom. The number of hydrogen-bond acceptors (Lipinski definition) is 3. The number of hydrogen-bond donors (Lipinski definition) is 1. The first kappa shape index (κ1) is 18.7. The van der Waals surface area contributed by atoms with E-state index in [0.717, 1.165) is 37.1 Å². The fourth-order valence-electron chi connectivity index (χ4n) is 3.22. The topological polar surface area (TPSA) is 56.1 Å². The smallest absolute Gasteiger partial charge is 0.262 e. The van der Waals surface area contributed by atoms with Gasteiger partial charge in [-0.05, 0) is 54.7 Å². The van der Waals surface area contributed by atoms with Crippen LogP contribution >= 0.6 is 0 Å². The van der Waals surface area contributed by atoms with E-state index in [1.54, 1.807) is 6.07 Å². The van der Waals surface area contributed by atoms with Crippen molar-refractivity contribution >= 4 is 17.7 Å². The van der Waals surface area contributed by atoms with Crippen molar-refractivity contribution in [1.29, 1.82) is 5.26 Å². The summed E-state index contributed by atoms with van der Waals surface area (Å²) in [4.78, 5) is 14.4. The number of nitrogens with zero attached hydrogens (tertiary/aromatic N) is 2. The highest BCUT2D eigenvalue weighted by Crippen LogP contribution is 2.27. The lowest BCUT2D eigenvalue weighted by molar-refractivity contribution is -0.117. The van der Waals surface area contributed by atoms with E-state index in [2.05, 4.69) is 5.32 Å². The standard InChI is InChI=1S/C22H22FN3O/c1-16-11-21(26-9-5-6-10-26)20(23)13-18(16)12-19(14-24)22(27)25-15-17-7-3-2-4-8-17/h2-4,7-8,11-13H,5-6,9-10,15H2,1H3,(H,25,27). The highest BCUT2D eigenvalue weighted by molar-refractivity contribution is 6.01. The minimum Gasteiger partial charge on any atom is -0.369 e. The summed E-state index contributed by atoms with van der Waals surface area (Å²) < 4.78 is 14.6. The van der Waals surface area contributed by atoms with Crippen molar-refractivity contribution in [3.63, 3.8) is 0 Å². The third-order valence-corrected chi connectivity index (χ3v) is 4.74. The minimum atomic E-state index is -0.468. The summed E-state index contributed by atoms with van der Waals surface area (Å²) in [5, 5.41) is 12.1. The van der Waals surface area contributed by atoms with Gasteiger partial charge in [-0.2, -0.15) is 5.26 Å². The number of aryl methyl sites for hydroxylation is 1. The molecule has 2 aromatic rings. The SMILES string of the molecule is Cc1cc(N2CCCC2)c(F)cc1C=C(C#N)C(=O)NCc1ccccc1. The molecule has 1 N–H and O–H groups in total. The molecule has 138 valence electrons. The molecule has 1 fully saturated rings. The molecule has 0 bridgehead atoms. The Morgan fingerprint density at radius 3 is 2.63 bits per heavy atom. The predicted molar refractivity (Wildman–Crippen MR) is 104 cm³/mol. The molecule has 0 spiro atoms. The van der Waals surface area contributed by atoms with E-state index >= 15 is 0 Å². The normalized spacial score (nSPS) is 14.1. The van der Waals surface area contributed by atoms with E-state index < -0.39 is 5.91 Å². The minimum absolute atomic E-state index is 0.0395. The van der Waals surface area contributed by atoms with Crippen LogP contribution in [0.5, 0.6) is 0 Å². The van der Waals surface area contributed by atoms with Crippen LogP contribution < -0.4 is 10.2 Å². The Balaban J connectivity index is 1.77. The van der Waals surface area contributed by atoms with Crippen LogP contribution in [0.25, 0.3) is 6.08 Å². The molecule has 0 unspecified atom stereocenters. The molecule has 1 aliphatic heterocycles. The van der Waals surface area contributed by atoms with Crippen molar-refractivity contribution in [3.05, 3.63) is 70.5 Å². The summed E-state index contributed by atoms with van der Waals surface area (Å²) >= 11 is 0. The molecule has 1 heterocycles. The van der Waals surface area contributed by atoms with Gasteiger partial charge < -0.3 is 10.2 Å². The lowest BCUT2D eigenvalue weighted by atomic mass is 10.0. The molecule has 2 aromatic carbocycles. The van der Waals surface area contributed by atoms with Gasteiger partial charge in [-0.25, -0.2) is 4.39 Å². The van der Waals surface area contributed by atoms with Crippen molar-refractivity contribution in [2.75, 3.05) is 18.0 Å². The number of carbonyl (C=O) groups is 1. The van der Waals surface area contributed by atoms with Crippen LogP contribution in [0.4, 0.5) is 10.1 Å². The zero-order valence-corrected chi connectivity index (χ0v) is 15.3. The largest absolute Gasteiger partial charge is 0.369 e. The molecule has 0 aliphatic carbocycles. The fraction of sp³-hybridized carbons (Fsp3) is 0.273. The van der Waals surface area contributed by atoms with Crippen molar-refractivity contribution < 1.29 is 9.18 Å². The first-order valence-corrected chi connectivity index (χ1v) is 9.07. The summed E-state index contributed by atoms with van der Waals surface area (Å²) in [6.07, 6.45) is 3.59. The number of carbonyl (C=O) groups excluding carboxylic acids is 1. The van der Waals surface area contributed by atoms with Gasteiger partial charge in [0.2, 0.25) is 0 Å². The maximum Gasteiger partial charge on any atom is 0.262 e. The number of nitriles is 1. The van der Waals surface area contributed by atoms with Gasteiger partial charge in [-0.15, -0.1) is 0 Å². The molecule has 3 rings (SSSR count). The average molecular weight is 363 g/mol. The Kier molecular flexibility index (Phi) is 5.87. The molecule has 1 saturated heterocycles. The summed E-state index contributed by atoms with van der Waals surface area (Å²) in [5.74, 6) is -0.791. The number of rotatable bonds is 5. The lowest BCUT2D eigenvalue weighted by Gasteiger charge is -2.19. The quantitative estimate of drug-likeness (QED) is 0.646. The van der Waals surface area contributed by atoms with E-state index in [4.69, 9.17) is 0 Å². The van der Waals surface area contributed by atoms with Crippen LogP contribution in [-0.4, -0.2) is 19.0 Å². The Morgan fingerprint density at radius 2 is 1.96 bits per heavy atom. The van der Waals surface area contributed by atoms with Gasteiger partial charge in [0.1, 0.15) is 17.5 Å². The van der Waals surface area contributed by atoms with E-state index in [1.807, 2.05) is 48.2 Å². The molecular weight excluding hydrogens is 341 g/mol. The fourth-order valence-corrected chi connectivity index (χ4v) is 3.22. The number of halogens is 1. The molecule has 0 saturated carbocycles. The molecule has 5 heteroatoms. The molecule has 4 nitrogen and oxygen atoms in total. The average Bonchev–Trinajstić information content (AvgIpc) is 3.21. The van der Waals surface area contributed by atoms with Crippen LogP contribution in [0, 0.1) is 24.1 Å². The summed E-state index contributed by atoms with van der Waals surface area (Å²) in [6, 6.07) is 14.6. The zero-order valence-electron chi connectivity index (χ0n) is 15.3. The van der Waals surface area contributed by atoms with Gasteiger partial charge in [0, 0.05) is 19.6 Å². The van der Waals surface area contributed by atoms with Gasteiger partial charge in [0.15, 0.2) is 0 Å². The molecule has 0 radical (unpaired) electrons. The number of anilines is 1. The number of nitrogens with one attached hydrogen (secondary N) is 1. The second-order valence-electron chi connectivity index (χ2n) is 6.69. The van der Waals surface area contributed by atoms with Crippen molar-refractivity contribution in [1.82, 2.24) is 5.32 Å². The van der Waals surface area contributed by atoms with Gasteiger partial charge in [-0.3, -0.25) is 4.79 Å². The summed E-state index contributed by atoms with van der Waals surface area (Å²) in [7, 11) is 0. The monoisotopic (exact) mass is 363 g/mol. The maximum atomic E-state index is 14.6. The van der Waals surface area contributed by atoms with Crippen molar-refractivity contribution in [2.24, 2.45) is 0 Å². The highest BCUT2D eigenvalue weighted by Gasteiger charge is 2.18. The second kappa shape index (κ2) is 8.50. The van der Waals surface area contributed by atoms with Gasteiger partial charge in [-0.1, -0.05) is 30.3 Å². The second-order valence-corrected chi connectivity index (χ2v) is 6.69. The van der Waals surface area contributed by atoms with E-state index in [9.17, 15) is 14.4 Å². The lowest BCUT2D eigenvalue weighted by Crippen LogP contribution is -2.24. The molecule has 1 amide bonds. The summed E-state index contributed by atoms with van der Waals surface area (Å²) in [6.45, 7) is 3.91. The van der Waals surface area contributed by atoms with Gasteiger partial charge in [0.05, 0.1) is 5.69 Å². The molecule has 1 aliphatic rings. The predicted octanol–water partition coefficient (Wildman–Crippen LogP) is 3.96. The van der Waals surface area contributed by atoms with Crippen LogP contribution in [0.3, 0.4) is 0 Å². The molecule has 27 heavy (non-hydrogen) atoms. The highest BCUT2D eigenvalue weighted by atomic mass is 19.1. The first-order valence-electron chi connectivity index (χ1n) is 9.07. The molecular formula is C22H22FN3O. The number of amides is 1. The van der Waals surface area contributed by atoms with Crippen LogP contribution in [0.1, 0.15) is 29.5 Å². The Hall–Kier alpha value is -3.13. The Labute approximate surface area is 158 Å². The molecule has 0 atom stereocenters. The summed E-state index contributed by atoms with van der Waals surface area (Å²) in [5.41, 5.74) is 2.88. The van der Waals surface area contributed by atoms with Gasteiger partial charge in [0.25, 0.3) is 5.91 Å². The third-order valence-electron chi connectivity index (χ3n) is 4.74. The van der Waals surface area contributed by atoms with E-state index in [0.29, 0.717) is 17.8 Å². The Bertz CT molecular complexity index is 894. The van der Waals surface area contributed by atoms with Crippen molar-refractivity contribution in [2.45, 2.75) is 26.3 Å². The number of benzene rings is 2. The van der Waals surface area contributed by atoms with E-state index in [-0.39, 0.29) is 11.4 Å². The van der Waals surface area contributed by atoms with Crippen molar-refractivity contribution in [3.8, 4) is 6.07 Å².